The maximum Gasteiger partial charge on any atom is 0.435 e. The second-order valence-electron chi connectivity index (χ2n) is 6.24. The smallest absolute Gasteiger partial charge is 0.380 e. The molecule has 1 aromatic heterocycles. The largest absolute Gasteiger partial charge is 0.435 e. The lowest BCUT2D eigenvalue weighted by Crippen LogP contribution is -2.27. The van der Waals surface area contributed by atoms with Gasteiger partial charge in [-0.25, -0.2) is 4.68 Å². The minimum absolute atomic E-state index is 0.263. The number of amides is 1. The number of halogens is 3. The number of hydrogen-bond donors (Lipinski definition) is 1. The number of carbonyl (C=O) groups excluding carboxylic acids is 1. The monoisotopic (exact) mass is 369 g/mol. The van der Waals surface area contributed by atoms with Gasteiger partial charge in [-0.1, -0.05) is 13.8 Å². The Labute approximate surface area is 150 Å². The topological polar surface area (TPSA) is 56.1 Å². The van der Waals surface area contributed by atoms with Crippen molar-refractivity contribution in [3.05, 3.63) is 47.8 Å². The first-order chi connectivity index (χ1) is 12.3. The van der Waals surface area contributed by atoms with Crippen LogP contribution in [0.1, 0.15) is 36.3 Å². The minimum Gasteiger partial charge on any atom is -0.380 e. The Morgan fingerprint density at radius 3 is 2.46 bits per heavy atom. The number of hydrogen-bond acceptors (Lipinski definition) is 3. The fraction of sp³-hybridized carbons (Fsp3) is 0.444. The SMILES string of the molecule is CC(C)CCOCCNC(=O)c1ccc(-n2ccc(C(F)(F)F)n2)cc1. The van der Waals surface area contributed by atoms with E-state index in [4.69, 9.17) is 4.74 Å². The van der Waals surface area contributed by atoms with Gasteiger partial charge in [0.2, 0.25) is 0 Å². The summed E-state index contributed by atoms with van der Waals surface area (Å²) in [5, 5.41) is 6.23. The van der Waals surface area contributed by atoms with Crippen LogP contribution in [0.4, 0.5) is 13.2 Å². The standard InChI is InChI=1S/C18H22F3N3O2/c1-13(2)8-11-26-12-9-22-17(25)14-3-5-15(6-4-14)24-10-7-16(23-24)18(19,20)21/h3-7,10,13H,8-9,11-12H2,1-2H3,(H,22,25). The van der Waals surface area contributed by atoms with Crippen LogP contribution in [0.5, 0.6) is 0 Å². The minimum atomic E-state index is -4.48. The van der Waals surface area contributed by atoms with Gasteiger partial charge in [0.15, 0.2) is 5.69 Å². The van der Waals surface area contributed by atoms with Gasteiger partial charge in [-0.15, -0.1) is 0 Å². The van der Waals surface area contributed by atoms with E-state index < -0.39 is 11.9 Å². The molecule has 0 bridgehead atoms. The van der Waals surface area contributed by atoms with Gasteiger partial charge in [0.25, 0.3) is 5.91 Å². The van der Waals surface area contributed by atoms with Crippen LogP contribution in [0.3, 0.4) is 0 Å². The van der Waals surface area contributed by atoms with Crippen LogP contribution in [0, 0.1) is 5.92 Å². The zero-order valence-corrected chi connectivity index (χ0v) is 14.7. The molecule has 5 nitrogen and oxygen atoms in total. The van der Waals surface area contributed by atoms with Crippen LogP contribution >= 0.6 is 0 Å². The van der Waals surface area contributed by atoms with Gasteiger partial charge in [-0.2, -0.15) is 18.3 Å². The number of carbonyl (C=O) groups is 1. The second-order valence-corrected chi connectivity index (χ2v) is 6.24. The number of aromatic nitrogens is 2. The summed E-state index contributed by atoms with van der Waals surface area (Å²) in [5.74, 6) is 0.311. The summed E-state index contributed by atoms with van der Waals surface area (Å²) in [6.45, 7) is 5.72. The molecule has 1 aromatic carbocycles. The summed E-state index contributed by atoms with van der Waals surface area (Å²) in [6, 6.07) is 7.07. The van der Waals surface area contributed by atoms with E-state index in [1.807, 2.05) is 0 Å². The first-order valence-electron chi connectivity index (χ1n) is 8.36. The predicted molar refractivity (Wildman–Crippen MR) is 91.2 cm³/mol. The van der Waals surface area contributed by atoms with Crippen molar-refractivity contribution in [1.29, 1.82) is 0 Å². The zero-order chi connectivity index (χ0) is 19.2. The van der Waals surface area contributed by atoms with Gasteiger partial charge in [0, 0.05) is 24.9 Å². The van der Waals surface area contributed by atoms with E-state index in [0.29, 0.717) is 36.9 Å². The van der Waals surface area contributed by atoms with Crippen LogP contribution in [-0.2, 0) is 10.9 Å². The molecule has 1 N–H and O–H groups in total. The normalized spacial score (nSPS) is 11.8. The highest BCUT2D eigenvalue weighted by atomic mass is 19.4. The molecule has 0 saturated carbocycles. The Hall–Kier alpha value is -2.35. The third-order valence-electron chi connectivity index (χ3n) is 3.65. The highest BCUT2D eigenvalue weighted by Gasteiger charge is 2.33. The average Bonchev–Trinajstić information content (AvgIpc) is 3.08. The molecule has 2 rings (SSSR count). The van der Waals surface area contributed by atoms with Crippen LogP contribution in [0.15, 0.2) is 36.5 Å². The average molecular weight is 369 g/mol. The first-order valence-corrected chi connectivity index (χ1v) is 8.36. The van der Waals surface area contributed by atoms with E-state index in [2.05, 4.69) is 24.3 Å². The summed E-state index contributed by atoms with van der Waals surface area (Å²) < 4.78 is 44.3. The van der Waals surface area contributed by atoms with E-state index in [1.165, 1.54) is 6.20 Å². The van der Waals surface area contributed by atoms with Crippen LogP contribution < -0.4 is 5.32 Å². The van der Waals surface area contributed by atoms with Gasteiger partial charge in [0.1, 0.15) is 0 Å². The fourth-order valence-corrected chi connectivity index (χ4v) is 2.14. The number of nitrogens with zero attached hydrogens (tertiary/aromatic N) is 2. The number of nitrogens with one attached hydrogen (secondary N) is 1. The van der Waals surface area contributed by atoms with Gasteiger partial charge in [0.05, 0.1) is 12.3 Å². The van der Waals surface area contributed by atoms with Gasteiger partial charge in [-0.3, -0.25) is 4.79 Å². The quantitative estimate of drug-likeness (QED) is 0.722. The molecule has 0 radical (unpaired) electrons. The number of rotatable bonds is 8. The molecular weight excluding hydrogens is 347 g/mol. The first kappa shape index (κ1) is 20.0. The zero-order valence-electron chi connectivity index (χ0n) is 14.7. The van der Waals surface area contributed by atoms with Crippen molar-refractivity contribution >= 4 is 5.91 Å². The maximum atomic E-state index is 12.6. The molecule has 0 spiro atoms. The Morgan fingerprint density at radius 2 is 1.88 bits per heavy atom. The van der Waals surface area contributed by atoms with Gasteiger partial charge >= 0.3 is 6.18 Å². The van der Waals surface area contributed by atoms with Crippen LogP contribution in [0.2, 0.25) is 0 Å². The van der Waals surface area contributed by atoms with Gasteiger partial charge in [-0.05, 0) is 42.7 Å². The van der Waals surface area contributed by atoms with Crippen LogP contribution in [0.25, 0.3) is 5.69 Å². The van der Waals surface area contributed by atoms with Crippen molar-refractivity contribution < 1.29 is 22.7 Å². The Bertz CT molecular complexity index is 709. The summed E-state index contributed by atoms with van der Waals surface area (Å²) >= 11 is 0. The second kappa shape index (κ2) is 8.84. The lowest BCUT2D eigenvalue weighted by molar-refractivity contribution is -0.141. The molecule has 0 saturated heterocycles. The van der Waals surface area contributed by atoms with Crippen molar-refractivity contribution in [2.24, 2.45) is 5.92 Å². The molecule has 0 aliphatic heterocycles. The number of benzene rings is 1. The van der Waals surface area contributed by atoms with Crippen molar-refractivity contribution in [1.82, 2.24) is 15.1 Å². The molecule has 142 valence electrons. The molecule has 8 heteroatoms. The molecular formula is C18H22F3N3O2. The van der Waals surface area contributed by atoms with Crippen molar-refractivity contribution in [2.45, 2.75) is 26.4 Å². The molecule has 0 aliphatic rings. The van der Waals surface area contributed by atoms with E-state index >= 15 is 0 Å². The molecule has 0 fully saturated rings. The molecule has 1 amide bonds. The highest BCUT2D eigenvalue weighted by Crippen LogP contribution is 2.27. The Kier molecular flexibility index (Phi) is 6.79. The Balaban J connectivity index is 1.85. The molecule has 0 atom stereocenters. The summed E-state index contributed by atoms with van der Waals surface area (Å²) in [5.41, 5.74) is -0.106. The van der Waals surface area contributed by atoms with E-state index in [1.54, 1.807) is 24.3 Å². The fourth-order valence-electron chi connectivity index (χ4n) is 2.14. The van der Waals surface area contributed by atoms with E-state index in [-0.39, 0.29) is 5.91 Å². The number of ether oxygens (including phenoxy) is 1. The van der Waals surface area contributed by atoms with E-state index in [9.17, 15) is 18.0 Å². The van der Waals surface area contributed by atoms with E-state index in [0.717, 1.165) is 17.2 Å². The third-order valence-corrected chi connectivity index (χ3v) is 3.65. The summed E-state index contributed by atoms with van der Waals surface area (Å²) in [6.07, 6.45) is -2.28. The highest BCUT2D eigenvalue weighted by molar-refractivity contribution is 5.94. The molecule has 0 aliphatic carbocycles. The summed E-state index contributed by atoms with van der Waals surface area (Å²) in [4.78, 5) is 12.0. The molecule has 2 aromatic rings. The lowest BCUT2D eigenvalue weighted by atomic mass is 10.1. The molecule has 1 heterocycles. The van der Waals surface area contributed by atoms with Crippen LogP contribution in [-0.4, -0.2) is 35.4 Å². The molecule has 26 heavy (non-hydrogen) atoms. The predicted octanol–water partition coefficient (Wildman–Crippen LogP) is 3.68. The van der Waals surface area contributed by atoms with Crippen molar-refractivity contribution in [3.8, 4) is 5.69 Å². The Morgan fingerprint density at radius 1 is 1.19 bits per heavy atom. The van der Waals surface area contributed by atoms with Crippen molar-refractivity contribution in [3.63, 3.8) is 0 Å². The van der Waals surface area contributed by atoms with Crippen molar-refractivity contribution in [2.75, 3.05) is 19.8 Å². The van der Waals surface area contributed by atoms with Gasteiger partial charge < -0.3 is 10.1 Å². The maximum absolute atomic E-state index is 12.6. The summed E-state index contributed by atoms with van der Waals surface area (Å²) in [7, 11) is 0. The molecule has 0 unspecified atom stereocenters. The third kappa shape index (κ3) is 5.87. The lowest BCUT2D eigenvalue weighted by Gasteiger charge is -2.08. The number of alkyl halides is 3.